The first-order valence-corrected chi connectivity index (χ1v) is 5.79. The van der Waals surface area contributed by atoms with Crippen molar-refractivity contribution in [1.29, 1.82) is 0 Å². The van der Waals surface area contributed by atoms with Gasteiger partial charge in [0.25, 0.3) is 0 Å². The summed E-state index contributed by atoms with van der Waals surface area (Å²) in [5.74, 6) is 0. The van der Waals surface area contributed by atoms with Crippen LogP contribution >= 0.6 is 0 Å². The molecule has 0 radical (unpaired) electrons. The highest BCUT2D eigenvalue weighted by atomic mass is 15.1. The molecule has 0 aliphatic carbocycles. The van der Waals surface area contributed by atoms with E-state index in [-0.39, 0.29) is 6.04 Å². The fourth-order valence-corrected chi connectivity index (χ4v) is 2.28. The quantitative estimate of drug-likeness (QED) is 0.802. The van der Waals surface area contributed by atoms with Crippen LogP contribution in [0.3, 0.4) is 0 Å². The number of anilines is 1. The van der Waals surface area contributed by atoms with Gasteiger partial charge in [0.15, 0.2) is 0 Å². The van der Waals surface area contributed by atoms with E-state index in [0.717, 1.165) is 0 Å². The minimum absolute atomic E-state index is 0.125. The molecular weight excluding hydrogens is 184 g/mol. The third-order valence-electron chi connectivity index (χ3n) is 3.12. The Morgan fingerprint density at radius 3 is 2.53 bits per heavy atom. The van der Waals surface area contributed by atoms with Gasteiger partial charge in [-0.15, -0.1) is 0 Å². The lowest BCUT2D eigenvalue weighted by molar-refractivity contribution is 0.804. The summed E-state index contributed by atoms with van der Waals surface area (Å²) in [5, 5.41) is 0. The number of aryl methyl sites for hydroxylation is 1. The van der Waals surface area contributed by atoms with Gasteiger partial charge in [0.05, 0.1) is 0 Å². The number of hydrogen-bond donors (Lipinski definition) is 1. The fraction of sp³-hybridized carbons (Fsp3) is 0.538. The standard InChI is InChI=1S/C13H20N2/c1-10-5-6-13(12(9-10)11(2)14)15-7-3-4-8-15/h5-6,9,11H,3-4,7-8,14H2,1-2H3. The molecule has 1 saturated heterocycles. The summed E-state index contributed by atoms with van der Waals surface area (Å²) in [6, 6.07) is 6.75. The van der Waals surface area contributed by atoms with Crippen molar-refractivity contribution in [2.24, 2.45) is 5.73 Å². The Morgan fingerprint density at radius 1 is 1.27 bits per heavy atom. The van der Waals surface area contributed by atoms with E-state index in [2.05, 4.69) is 36.9 Å². The predicted molar refractivity (Wildman–Crippen MR) is 65.2 cm³/mol. The molecule has 2 rings (SSSR count). The Balaban J connectivity index is 2.36. The van der Waals surface area contributed by atoms with E-state index in [4.69, 9.17) is 5.73 Å². The molecule has 1 unspecified atom stereocenters. The molecular formula is C13H20N2. The molecule has 2 N–H and O–H groups in total. The lowest BCUT2D eigenvalue weighted by Gasteiger charge is -2.23. The van der Waals surface area contributed by atoms with Crippen LogP contribution in [0.1, 0.15) is 36.9 Å². The van der Waals surface area contributed by atoms with Crippen molar-refractivity contribution in [3.63, 3.8) is 0 Å². The van der Waals surface area contributed by atoms with Gasteiger partial charge in [-0.25, -0.2) is 0 Å². The van der Waals surface area contributed by atoms with Gasteiger partial charge in [-0.2, -0.15) is 0 Å². The smallest absolute Gasteiger partial charge is 0.0414 e. The van der Waals surface area contributed by atoms with Crippen LogP contribution < -0.4 is 10.6 Å². The number of nitrogens with two attached hydrogens (primary N) is 1. The van der Waals surface area contributed by atoms with Gasteiger partial charge in [-0.1, -0.05) is 17.7 Å². The molecule has 0 aromatic heterocycles. The Bertz CT molecular complexity index is 338. The average molecular weight is 204 g/mol. The van der Waals surface area contributed by atoms with Crippen LogP contribution in [0.4, 0.5) is 5.69 Å². The lowest BCUT2D eigenvalue weighted by atomic mass is 10.0. The van der Waals surface area contributed by atoms with Crippen molar-refractivity contribution in [3.05, 3.63) is 29.3 Å². The van der Waals surface area contributed by atoms with E-state index in [1.807, 2.05) is 0 Å². The van der Waals surface area contributed by atoms with Gasteiger partial charge in [0.1, 0.15) is 0 Å². The van der Waals surface area contributed by atoms with Gasteiger partial charge in [-0.3, -0.25) is 0 Å². The lowest BCUT2D eigenvalue weighted by Crippen LogP contribution is -2.21. The fourth-order valence-electron chi connectivity index (χ4n) is 2.28. The van der Waals surface area contributed by atoms with Crippen molar-refractivity contribution in [2.75, 3.05) is 18.0 Å². The first-order valence-electron chi connectivity index (χ1n) is 5.79. The van der Waals surface area contributed by atoms with Gasteiger partial charge >= 0.3 is 0 Å². The zero-order chi connectivity index (χ0) is 10.8. The van der Waals surface area contributed by atoms with E-state index in [9.17, 15) is 0 Å². The summed E-state index contributed by atoms with van der Waals surface area (Å²) in [7, 11) is 0. The molecule has 1 aliphatic rings. The molecule has 15 heavy (non-hydrogen) atoms. The largest absolute Gasteiger partial charge is 0.371 e. The third kappa shape index (κ3) is 2.15. The van der Waals surface area contributed by atoms with E-state index < -0.39 is 0 Å². The Morgan fingerprint density at radius 2 is 1.93 bits per heavy atom. The van der Waals surface area contributed by atoms with E-state index in [0.29, 0.717) is 0 Å². The number of nitrogens with zero attached hydrogens (tertiary/aromatic N) is 1. The van der Waals surface area contributed by atoms with Gasteiger partial charge in [0.2, 0.25) is 0 Å². The Hall–Kier alpha value is -1.02. The molecule has 1 aromatic rings. The van der Waals surface area contributed by atoms with Crippen molar-refractivity contribution in [1.82, 2.24) is 0 Å². The molecule has 0 amide bonds. The first-order chi connectivity index (χ1) is 7.18. The SMILES string of the molecule is Cc1ccc(N2CCCC2)c(C(C)N)c1. The van der Waals surface area contributed by atoms with Crippen molar-refractivity contribution in [2.45, 2.75) is 32.7 Å². The van der Waals surface area contributed by atoms with E-state index in [1.54, 1.807) is 0 Å². The van der Waals surface area contributed by atoms with Crippen LogP contribution in [0, 0.1) is 6.92 Å². The molecule has 2 heteroatoms. The zero-order valence-electron chi connectivity index (χ0n) is 9.66. The highest BCUT2D eigenvalue weighted by molar-refractivity contribution is 5.56. The van der Waals surface area contributed by atoms with Crippen molar-refractivity contribution in [3.8, 4) is 0 Å². The second-order valence-corrected chi connectivity index (χ2v) is 4.55. The average Bonchev–Trinajstić information content (AvgIpc) is 2.70. The molecule has 1 aromatic carbocycles. The third-order valence-corrected chi connectivity index (χ3v) is 3.12. The summed E-state index contributed by atoms with van der Waals surface area (Å²) in [6.45, 7) is 6.56. The topological polar surface area (TPSA) is 29.3 Å². The molecule has 1 fully saturated rings. The Labute approximate surface area is 92.1 Å². The first kappa shape index (κ1) is 10.5. The monoisotopic (exact) mass is 204 g/mol. The maximum atomic E-state index is 6.02. The molecule has 1 atom stereocenters. The van der Waals surface area contributed by atoms with Crippen LogP contribution in [-0.4, -0.2) is 13.1 Å². The minimum Gasteiger partial charge on any atom is -0.371 e. The molecule has 0 bridgehead atoms. The molecule has 1 aliphatic heterocycles. The summed E-state index contributed by atoms with van der Waals surface area (Å²) in [5.41, 5.74) is 9.95. The highest BCUT2D eigenvalue weighted by Gasteiger charge is 2.17. The van der Waals surface area contributed by atoms with Crippen LogP contribution in [0.2, 0.25) is 0 Å². The Kier molecular flexibility index (Phi) is 2.96. The maximum absolute atomic E-state index is 6.02. The molecule has 2 nitrogen and oxygen atoms in total. The summed E-state index contributed by atoms with van der Waals surface area (Å²) in [4.78, 5) is 2.46. The second kappa shape index (κ2) is 4.23. The molecule has 1 heterocycles. The van der Waals surface area contributed by atoms with Crippen LogP contribution in [0.25, 0.3) is 0 Å². The van der Waals surface area contributed by atoms with E-state index in [1.165, 1.54) is 42.7 Å². The van der Waals surface area contributed by atoms with Crippen LogP contribution in [0.5, 0.6) is 0 Å². The normalized spacial score (nSPS) is 18.2. The number of rotatable bonds is 2. The second-order valence-electron chi connectivity index (χ2n) is 4.55. The van der Waals surface area contributed by atoms with Crippen molar-refractivity contribution < 1.29 is 0 Å². The predicted octanol–water partition coefficient (Wildman–Crippen LogP) is 2.61. The van der Waals surface area contributed by atoms with E-state index >= 15 is 0 Å². The van der Waals surface area contributed by atoms with Crippen LogP contribution in [-0.2, 0) is 0 Å². The molecule has 82 valence electrons. The molecule has 0 spiro atoms. The number of benzene rings is 1. The van der Waals surface area contributed by atoms with Gasteiger partial charge < -0.3 is 10.6 Å². The zero-order valence-corrected chi connectivity index (χ0v) is 9.66. The van der Waals surface area contributed by atoms with Gasteiger partial charge in [0, 0.05) is 24.8 Å². The van der Waals surface area contributed by atoms with Crippen LogP contribution in [0.15, 0.2) is 18.2 Å². The van der Waals surface area contributed by atoms with Gasteiger partial charge in [-0.05, 0) is 38.3 Å². The summed E-state index contributed by atoms with van der Waals surface area (Å²) < 4.78 is 0. The minimum atomic E-state index is 0.125. The molecule has 0 saturated carbocycles. The highest BCUT2D eigenvalue weighted by Crippen LogP contribution is 2.28. The maximum Gasteiger partial charge on any atom is 0.0414 e. The summed E-state index contributed by atoms with van der Waals surface area (Å²) in [6.07, 6.45) is 2.62. The van der Waals surface area contributed by atoms with Crippen molar-refractivity contribution >= 4 is 5.69 Å². The number of hydrogen-bond acceptors (Lipinski definition) is 2. The summed E-state index contributed by atoms with van der Waals surface area (Å²) >= 11 is 0.